The molecule has 0 radical (unpaired) electrons. The van der Waals surface area contributed by atoms with E-state index in [0.717, 1.165) is 0 Å². The summed E-state index contributed by atoms with van der Waals surface area (Å²) < 4.78 is 4.43. The fourth-order valence-electron chi connectivity index (χ4n) is 0.847. The number of hydrogen-bond acceptors (Lipinski definition) is 5. The lowest BCUT2D eigenvalue weighted by Gasteiger charge is -2.13. The minimum Gasteiger partial charge on any atom is -0.481 e. The van der Waals surface area contributed by atoms with E-state index >= 15 is 0 Å². The minimum atomic E-state index is -1.08. The summed E-state index contributed by atoms with van der Waals surface area (Å²) in [6.07, 6.45) is -1.35. The van der Waals surface area contributed by atoms with Crippen LogP contribution in [0.15, 0.2) is 0 Å². The standard InChI is InChI=1S/C8H15NO5/c1-5(8(13)14-2)9-4-6(10)3-7(11)12/h5-6,9-10H,3-4H2,1-2H3,(H,11,12). The normalized spacial score (nSPS) is 14.5. The number of methoxy groups -OCH3 is 1. The summed E-state index contributed by atoms with van der Waals surface area (Å²) in [6, 6.07) is -0.552. The summed E-state index contributed by atoms with van der Waals surface area (Å²) in [5.41, 5.74) is 0. The van der Waals surface area contributed by atoms with E-state index < -0.39 is 24.1 Å². The fraction of sp³-hybridized carbons (Fsp3) is 0.750. The summed E-state index contributed by atoms with van der Waals surface area (Å²) in [5.74, 6) is -1.53. The first kappa shape index (κ1) is 12.9. The van der Waals surface area contributed by atoms with E-state index in [0.29, 0.717) is 0 Å². The van der Waals surface area contributed by atoms with Crippen molar-refractivity contribution in [1.82, 2.24) is 5.32 Å². The molecule has 82 valence electrons. The van der Waals surface area contributed by atoms with Crippen LogP contribution in [-0.2, 0) is 14.3 Å². The molecule has 2 atom stereocenters. The SMILES string of the molecule is COC(=O)C(C)NCC(O)CC(=O)O. The molecule has 0 rings (SSSR count). The molecule has 0 aliphatic carbocycles. The molecule has 6 nitrogen and oxygen atoms in total. The maximum atomic E-state index is 10.9. The van der Waals surface area contributed by atoms with Crippen LogP contribution in [0, 0.1) is 0 Å². The molecule has 0 spiro atoms. The second-order valence-corrected chi connectivity index (χ2v) is 2.90. The Morgan fingerprint density at radius 1 is 1.50 bits per heavy atom. The molecule has 3 N–H and O–H groups in total. The van der Waals surface area contributed by atoms with Gasteiger partial charge in [-0.2, -0.15) is 0 Å². The summed E-state index contributed by atoms with van der Waals surface area (Å²) >= 11 is 0. The zero-order valence-electron chi connectivity index (χ0n) is 8.19. The van der Waals surface area contributed by atoms with Gasteiger partial charge in [0.15, 0.2) is 0 Å². The lowest BCUT2D eigenvalue weighted by atomic mass is 10.2. The van der Waals surface area contributed by atoms with Crippen molar-refractivity contribution in [3.63, 3.8) is 0 Å². The minimum absolute atomic E-state index is 0.0442. The topological polar surface area (TPSA) is 95.9 Å². The molecule has 6 heteroatoms. The Labute approximate surface area is 81.9 Å². The molecule has 0 aromatic carbocycles. The number of carboxylic acid groups (broad SMARTS) is 1. The molecule has 0 aliphatic heterocycles. The van der Waals surface area contributed by atoms with Gasteiger partial charge in [-0.1, -0.05) is 0 Å². The fourth-order valence-corrected chi connectivity index (χ4v) is 0.847. The van der Waals surface area contributed by atoms with E-state index in [1.165, 1.54) is 7.11 Å². The molecule has 0 aromatic rings. The van der Waals surface area contributed by atoms with Gasteiger partial charge in [0.2, 0.25) is 0 Å². The predicted molar refractivity (Wildman–Crippen MR) is 47.7 cm³/mol. The maximum Gasteiger partial charge on any atom is 0.322 e. The summed E-state index contributed by atoms with van der Waals surface area (Å²) in [7, 11) is 1.26. The Kier molecular flexibility index (Phi) is 5.82. The zero-order chi connectivity index (χ0) is 11.1. The van der Waals surface area contributed by atoms with E-state index in [-0.39, 0.29) is 13.0 Å². The number of esters is 1. The largest absolute Gasteiger partial charge is 0.481 e. The highest BCUT2D eigenvalue weighted by molar-refractivity contribution is 5.75. The Morgan fingerprint density at radius 3 is 2.50 bits per heavy atom. The van der Waals surface area contributed by atoms with Crippen molar-refractivity contribution in [2.24, 2.45) is 0 Å². The third kappa shape index (κ3) is 5.50. The van der Waals surface area contributed by atoms with E-state index in [9.17, 15) is 9.59 Å². The second-order valence-electron chi connectivity index (χ2n) is 2.90. The third-order valence-electron chi connectivity index (χ3n) is 1.62. The van der Waals surface area contributed by atoms with Gasteiger partial charge in [-0.05, 0) is 6.92 Å². The van der Waals surface area contributed by atoms with Crippen molar-refractivity contribution in [3.8, 4) is 0 Å². The van der Waals surface area contributed by atoms with Gasteiger partial charge in [-0.15, -0.1) is 0 Å². The number of aliphatic hydroxyl groups is 1. The number of hydrogen-bond donors (Lipinski definition) is 3. The van der Waals surface area contributed by atoms with Crippen LogP contribution in [0.1, 0.15) is 13.3 Å². The van der Waals surface area contributed by atoms with E-state index in [2.05, 4.69) is 10.1 Å². The van der Waals surface area contributed by atoms with Gasteiger partial charge in [0.1, 0.15) is 6.04 Å². The van der Waals surface area contributed by atoms with Crippen LogP contribution in [0.5, 0.6) is 0 Å². The van der Waals surface area contributed by atoms with E-state index in [1.807, 2.05) is 0 Å². The van der Waals surface area contributed by atoms with Gasteiger partial charge in [0, 0.05) is 6.54 Å². The average Bonchev–Trinajstić information content (AvgIpc) is 2.11. The highest BCUT2D eigenvalue weighted by atomic mass is 16.5. The van der Waals surface area contributed by atoms with Gasteiger partial charge < -0.3 is 20.3 Å². The van der Waals surface area contributed by atoms with Crippen molar-refractivity contribution in [1.29, 1.82) is 0 Å². The summed E-state index contributed by atoms with van der Waals surface area (Å²) in [4.78, 5) is 21.0. The molecule has 0 aliphatic rings. The number of aliphatic carboxylic acids is 1. The molecule has 0 fully saturated rings. The third-order valence-corrected chi connectivity index (χ3v) is 1.62. The Morgan fingerprint density at radius 2 is 2.07 bits per heavy atom. The van der Waals surface area contributed by atoms with E-state index in [4.69, 9.17) is 10.2 Å². The molecule has 0 bridgehead atoms. The molecular weight excluding hydrogens is 190 g/mol. The van der Waals surface area contributed by atoms with Gasteiger partial charge in [-0.3, -0.25) is 9.59 Å². The number of carbonyl (C=O) groups is 2. The second kappa shape index (κ2) is 6.33. The number of carboxylic acids is 1. The number of aliphatic hydroxyl groups excluding tert-OH is 1. The Balaban J connectivity index is 3.71. The Bertz CT molecular complexity index is 206. The molecule has 0 saturated carbocycles. The number of ether oxygens (including phenoxy) is 1. The first-order valence-corrected chi connectivity index (χ1v) is 4.18. The van der Waals surface area contributed by atoms with Crippen LogP contribution < -0.4 is 5.32 Å². The monoisotopic (exact) mass is 205 g/mol. The first-order chi connectivity index (χ1) is 6.47. The van der Waals surface area contributed by atoms with Crippen molar-refractivity contribution in [2.45, 2.75) is 25.5 Å². The number of rotatable bonds is 6. The molecule has 0 saturated heterocycles. The van der Waals surface area contributed by atoms with Crippen molar-refractivity contribution in [2.75, 3.05) is 13.7 Å². The smallest absolute Gasteiger partial charge is 0.322 e. The van der Waals surface area contributed by atoms with Crippen LogP contribution >= 0.6 is 0 Å². The molecule has 2 unspecified atom stereocenters. The van der Waals surface area contributed by atoms with Crippen LogP contribution in [0.3, 0.4) is 0 Å². The summed E-state index contributed by atoms with van der Waals surface area (Å²) in [6.45, 7) is 1.61. The molecule has 0 heterocycles. The quantitative estimate of drug-likeness (QED) is 0.480. The van der Waals surface area contributed by atoms with Gasteiger partial charge in [0.25, 0.3) is 0 Å². The van der Waals surface area contributed by atoms with Gasteiger partial charge >= 0.3 is 11.9 Å². The highest BCUT2D eigenvalue weighted by Crippen LogP contribution is 1.92. The first-order valence-electron chi connectivity index (χ1n) is 4.18. The number of carbonyl (C=O) groups excluding carboxylic acids is 1. The van der Waals surface area contributed by atoms with Crippen LogP contribution in [-0.4, -0.2) is 48.0 Å². The molecular formula is C8H15NO5. The Hall–Kier alpha value is -1.14. The van der Waals surface area contributed by atoms with Gasteiger partial charge in [0.05, 0.1) is 19.6 Å². The van der Waals surface area contributed by atoms with E-state index in [1.54, 1.807) is 6.92 Å². The maximum absolute atomic E-state index is 10.9. The van der Waals surface area contributed by atoms with Crippen LogP contribution in [0.25, 0.3) is 0 Å². The lowest BCUT2D eigenvalue weighted by Crippen LogP contribution is -2.40. The zero-order valence-corrected chi connectivity index (χ0v) is 8.19. The molecule has 0 amide bonds. The summed E-state index contributed by atoms with van der Waals surface area (Å²) in [5, 5.41) is 20.1. The highest BCUT2D eigenvalue weighted by Gasteiger charge is 2.15. The number of nitrogens with one attached hydrogen (secondary N) is 1. The van der Waals surface area contributed by atoms with Crippen molar-refractivity contribution in [3.05, 3.63) is 0 Å². The lowest BCUT2D eigenvalue weighted by molar-refractivity contribution is -0.142. The average molecular weight is 205 g/mol. The predicted octanol–water partition coefficient (Wildman–Crippen LogP) is -1.03. The molecule has 0 aromatic heterocycles. The van der Waals surface area contributed by atoms with Crippen molar-refractivity contribution >= 4 is 11.9 Å². The van der Waals surface area contributed by atoms with Gasteiger partial charge in [-0.25, -0.2) is 0 Å². The van der Waals surface area contributed by atoms with Crippen molar-refractivity contribution < 1.29 is 24.5 Å². The van der Waals surface area contributed by atoms with Crippen LogP contribution in [0.2, 0.25) is 0 Å². The molecule has 14 heavy (non-hydrogen) atoms. The van der Waals surface area contributed by atoms with Crippen LogP contribution in [0.4, 0.5) is 0 Å².